The van der Waals surface area contributed by atoms with Gasteiger partial charge in [-0.3, -0.25) is 4.79 Å². The summed E-state index contributed by atoms with van der Waals surface area (Å²) in [6.07, 6.45) is 7.88. The Morgan fingerprint density at radius 2 is 2.22 bits per heavy atom. The van der Waals surface area contributed by atoms with E-state index in [1.807, 2.05) is 31.4 Å². The molecule has 3 heteroatoms. The third-order valence-electron chi connectivity index (χ3n) is 3.54. The van der Waals surface area contributed by atoms with Crippen molar-refractivity contribution >= 4 is 22.5 Å². The molecule has 1 fully saturated rings. The zero-order valence-corrected chi connectivity index (χ0v) is 10.3. The van der Waals surface area contributed by atoms with E-state index in [2.05, 4.69) is 16.6 Å². The third-order valence-corrected chi connectivity index (χ3v) is 3.54. The van der Waals surface area contributed by atoms with E-state index in [1.54, 1.807) is 4.90 Å². The molecule has 0 aliphatic carbocycles. The first-order chi connectivity index (χ1) is 8.69. The molecule has 2 aromatic rings. The summed E-state index contributed by atoms with van der Waals surface area (Å²) in [6, 6.07) is 8.13. The molecule has 3 rings (SSSR count). The SMILES string of the molecule is C#CC1CC(=O)N(c2ccc3c(ccn3C)c2)C1. The molecule has 1 aliphatic heterocycles. The molecule has 1 aliphatic rings. The maximum atomic E-state index is 11.9. The second-order valence-electron chi connectivity index (χ2n) is 4.74. The molecule has 1 unspecified atom stereocenters. The first-order valence-electron chi connectivity index (χ1n) is 6.00. The van der Waals surface area contributed by atoms with Gasteiger partial charge in [0.25, 0.3) is 0 Å². The molecule has 18 heavy (non-hydrogen) atoms. The Hall–Kier alpha value is -2.21. The lowest BCUT2D eigenvalue weighted by atomic mass is 10.1. The predicted molar refractivity (Wildman–Crippen MR) is 72.2 cm³/mol. The van der Waals surface area contributed by atoms with Crippen LogP contribution in [0.15, 0.2) is 30.5 Å². The van der Waals surface area contributed by atoms with E-state index in [1.165, 1.54) is 5.52 Å². The Labute approximate surface area is 106 Å². The van der Waals surface area contributed by atoms with Crippen LogP contribution in [0.1, 0.15) is 6.42 Å². The Bertz CT molecular complexity index is 663. The number of hydrogen-bond acceptors (Lipinski definition) is 1. The Balaban J connectivity index is 2.00. The number of carbonyl (C=O) groups excluding carboxylic acids is 1. The molecule has 0 spiro atoms. The molecule has 3 nitrogen and oxygen atoms in total. The molecular weight excluding hydrogens is 224 g/mol. The normalized spacial score (nSPS) is 19.4. The number of amides is 1. The Morgan fingerprint density at radius 3 is 2.94 bits per heavy atom. The van der Waals surface area contributed by atoms with Crippen molar-refractivity contribution < 1.29 is 4.79 Å². The summed E-state index contributed by atoms with van der Waals surface area (Å²) in [6.45, 7) is 0.633. The van der Waals surface area contributed by atoms with Crippen LogP contribution in [-0.2, 0) is 11.8 Å². The minimum absolute atomic E-state index is 0.0453. The van der Waals surface area contributed by atoms with Crippen molar-refractivity contribution in [3.63, 3.8) is 0 Å². The van der Waals surface area contributed by atoms with E-state index in [0.717, 1.165) is 11.1 Å². The maximum Gasteiger partial charge on any atom is 0.228 e. The van der Waals surface area contributed by atoms with Crippen LogP contribution in [0.25, 0.3) is 10.9 Å². The van der Waals surface area contributed by atoms with Gasteiger partial charge in [-0.15, -0.1) is 12.3 Å². The number of terminal acetylenes is 1. The number of carbonyl (C=O) groups is 1. The topological polar surface area (TPSA) is 25.2 Å². The summed E-state index contributed by atoms with van der Waals surface area (Å²) in [5.74, 6) is 2.83. The highest BCUT2D eigenvalue weighted by atomic mass is 16.2. The van der Waals surface area contributed by atoms with Crippen LogP contribution in [0.3, 0.4) is 0 Å². The van der Waals surface area contributed by atoms with Gasteiger partial charge in [0.1, 0.15) is 0 Å². The molecule has 1 aromatic heterocycles. The van der Waals surface area contributed by atoms with Gasteiger partial charge in [-0.2, -0.15) is 0 Å². The van der Waals surface area contributed by atoms with E-state index < -0.39 is 0 Å². The van der Waals surface area contributed by atoms with Crippen LogP contribution >= 0.6 is 0 Å². The van der Waals surface area contributed by atoms with E-state index in [0.29, 0.717) is 13.0 Å². The number of hydrogen-bond donors (Lipinski definition) is 0. The third kappa shape index (κ3) is 1.58. The van der Waals surface area contributed by atoms with E-state index in [4.69, 9.17) is 6.42 Å². The van der Waals surface area contributed by atoms with E-state index in [-0.39, 0.29) is 11.8 Å². The maximum absolute atomic E-state index is 11.9. The van der Waals surface area contributed by atoms with E-state index >= 15 is 0 Å². The zero-order chi connectivity index (χ0) is 12.7. The van der Waals surface area contributed by atoms with Gasteiger partial charge in [-0.25, -0.2) is 0 Å². The number of rotatable bonds is 1. The predicted octanol–water partition coefficient (Wildman–Crippen LogP) is 2.16. The quantitative estimate of drug-likeness (QED) is 0.699. The average Bonchev–Trinajstić information content (AvgIpc) is 2.93. The number of benzene rings is 1. The van der Waals surface area contributed by atoms with E-state index in [9.17, 15) is 4.79 Å². The molecule has 1 aromatic carbocycles. The number of aromatic nitrogens is 1. The van der Waals surface area contributed by atoms with Gasteiger partial charge in [0.2, 0.25) is 5.91 Å². The molecule has 0 radical (unpaired) electrons. The van der Waals surface area contributed by atoms with Gasteiger partial charge in [0.15, 0.2) is 0 Å². The van der Waals surface area contributed by atoms with Gasteiger partial charge in [0, 0.05) is 48.7 Å². The van der Waals surface area contributed by atoms with Gasteiger partial charge in [-0.1, -0.05) is 0 Å². The number of nitrogens with zero attached hydrogens (tertiary/aromatic N) is 2. The van der Waals surface area contributed by atoms with Gasteiger partial charge >= 0.3 is 0 Å². The molecule has 1 amide bonds. The van der Waals surface area contributed by atoms with Gasteiger partial charge in [-0.05, 0) is 24.3 Å². The van der Waals surface area contributed by atoms with Crippen molar-refractivity contribution in [3.8, 4) is 12.3 Å². The molecule has 0 saturated carbocycles. The highest BCUT2D eigenvalue weighted by Gasteiger charge is 2.29. The van der Waals surface area contributed by atoms with Crippen LogP contribution in [0, 0.1) is 18.3 Å². The summed E-state index contributed by atoms with van der Waals surface area (Å²) in [7, 11) is 2.01. The first-order valence-corrected chi connectivity index (χ1v) is 6.00. The molecule has 1 saturated heterocycles. The summed E-state index contributed by atoms with van der Waals surface area (Å²) >= 11 is 0. The second kappa shape index (κ2) is 3.92. The number of aryl methyl sites for hydroxylation is 1. The molecular formula is C15H14N2O. The lowest BCUT2D eigenvalue weighted by Gasteiger charge is -2.16. The molecule has 2 heterocycles. The summed E-state index contributed by atoms with van der Waals surface area (Å²) in [4.78, 5) is 13.7. The molecule has 1 atom stereocenters. The minimum Gasteiger partial charge on any atom is -0.351 e. The van der Waals surface area contributed by atoms with Crippen LogP contribution in [0.4, 0.5) is 5.69 Å². The van der Waals surface area contributed by atoms with Crippen LogP contribution < -0.4 is 4.90 Å². The van der Waals surface area contributed by atoms with Crippen molar-refractivity contribution in [1.82, 2.24) is 4.57 Å². The van der Waals surface area contributed by atoms with Crippen LogP contribution in [0.5, 0.6) is 0 Å². The highest BCUT2D eigenvalue weighted by molar-refractivity contribution is 5.98. The van der Waals surface area contributed by atoms with Crippen molar-refractivity contribution in [2.24, 2.45) is 13.0 Å². The van der Waals surface area contributed by atoms with Gasteiger partial charge in [0.05, 0.1) is 0 Å². The summed E-state index contributed by atoms with van der Waals surface area (Å²) in [5, 5.41) is 1.15. The lowest BCUT2D eigenvalue weighted by Crippen LogP contribution is -2.24. The molecule has 90 valence electrons. The molecule has 0 bridgehead atoms. The van der Waals surface area contributed by atoms with Crippen molar-refractivity contribution in [2.45, 2.75) is 6.42 Å². The fourth-order valence-electron chi connectivity index (χ4n) is 2.51. The molecule has 0 N–H and O–H groups in total. The van der Waals surface area contributed by atoms with Gasteiger partial charge < -0.3 is 9.47 Å². The van der Waals surface area contributed by atoms with Crippen molar-refractivity contribution in [2.75, 3.05) is 11.4 Å². The van der Waals surface area contributed by atoms with Crippen LogP contribution in [0.2, 0.25) is 0 Å². The lowest BCUT2D eigenvalue weighted by molar-refractivity contribution is -0.117. The monoisotopic (exact) mass is 238 g/mol. The fourth-order valence-corrected chi connectivity index (χ4v) is 2.51. The largest absolute Gasteiger partial charge is 0.351 e. The number of fused-ring (bicyclic) bond motifs is 1. The van der Waals surface area contributed by atoms with Crippen LogP contribution in [-0.4, -0.2) is 17.0 Å². The van der Waals surface area contributed by atoms with Crippen molar-refractivity contribution in [3.05, 3.63) is 30.5 Å². The summed E-state index contributed by atoms with van der Waals surface area (Å²) in [5.41, 5.74) is 2.11. The standard InChI is InChI=1S/C15H14N2O/c1-3-11-8-15(18)17(10-11)13-4-5-14-12(9-13)6-7-16(14)2/h1,4-7,9,11H,8,10H2,2H3. The second-order valence-corrected chi connectivity index (χ2v) is 4.74. The first kappa shape index (κ1) is 10.9. The highest BCUT2D eigenvalue weighted by Crippen LogP contribution is 2.28. The zero-order valence-electron chi connectivity index (χ0n) is 10.3. The number of anilines is 1. The van der Waals surface area contributed by atoms with Crippen molar-refractivity contribution in [1.29, 1.82) is 0 Å². The average molecular weight is 238 g/mol. The fraction of sp³-hybridized carbons (Fsp3) is 0.267. The summed E-state index contributed by atoms with van der Waals surface area (Å²) < 4.78 is 2.06. The Morgan fingerprint density at radius 1 is 1.39 bits per heavy atom. The minimum atomic E-state index is 0.0453. The smallest absolute Gasteiger partial charge is 0.228 e. The Kier molecular flexibility index (Phi) is 2.38.